The molecule has 0 bridgehead atoms. The molecule has 1 aromatic heterocycles. The smallest absolute Gasteiger partial charge is 0.191 e. The van der Waals surface area contributed by atoms with Gasteiger partial charge in [-0.25, -0.2) is 0 Å². The van der Waals surface area contributed by atoms with Gasteiger partial charge in [0.15, 0.2) is 5.96 Å². The number of aliphatic imine (C=N–C) groups is 1. The summed E-state index contributed by atoms with van der Waals surface area (Å²) in [6.45, 7) is 2.46. The van der Waals surface area contributed by atoms with E-state index in [-0.39, 0.29) is 6.61 Å². The lowest BCUT2D eigenvalue weighted by atomic mass is 10.4. The number of furan rings is 1. The second kappa shape index (κ2) is 9.49. The molecule has 0 saturated heterocycles. The lowest BCUT2D eigenvalue weighted by Gasteiger charge is -2.10. The minimum atomic E-state index is 0.0692. The molecule has 1 rings (SSSR count). The minimum absolute atomic E-state index is 0.0692. The van der Waals surface area contributed by atoms with Gasteiger partial charge in [0, 0.05) is 20.2 Å². The summed E-state index contributed by atoms with van der Waals surface area (Å²) in [5, 5.41) is 14.8. The number of ether oxygens (including phenoxy) is 1. The quantitative estimate of drug-likeness (QED) is 0.355. The Hall–Kier alpha value is -1.53. The second-order valence-electron chi connectivity index (χ2n) is 3.62. The van der Waals surface area contributed by atoms with Gasteiger partial charge in [0.2, 0.25) is 0 Å². The first-order valence-electron chi connectivity index (χ1n) is 6.02. The van der Waals surface area contributed by atoms with Crippen LogP contribution >= 0.6 is 0 Å². The first-order valence-corrected chi connectivity index (χ1v) is 6.02. The number of hydrogen-bond donors (Lipinski definition) is 3. The maximum atomic E-state index is 8.53. The van der Waals surface area contributed by atoms with Crippen molar-refractivity contribution in [2.45, 2.75) is 13.0 Å². The van der Waals surface area contributed by atoms with Crippen molar-refractivity contribution in [1.29, 1.82) is 0 Å². The summed E-state index contributed by atoms with van der Waals surface area (Å²) in [5.41, 5.74) is 0. The molecule has 0 aliphatic heterocycles. The molecule has 0 aromatic carbocycles. The fraction of sp³-hybridized carbons (Fsp3) is 0.583. The van der Waals surface area contributed by atoms with E-state index in [1.807, 2.05) is 12.1 Å². The van der Waals surface area contributed by atoms with E-state index in [1.165, 1.54) is 0 Å². The average Bonchev–Trinajstić information content (AvgIpc) is 2.90. The van der Waals surface area contributed by atoms with Gasteiger partial charge in [-0.05, 0) is 18.6 Å². The van der Waals surface area contributed by atoms with Crippen molar-refractivity contribution in [3.05, 3.63) is 24.2 Å². The molecule has 0 atom stereocenters. The molecule has 102 valence electrons. The van der Waals surface area contributed by atoms with Gasteiger partial charge >= 0.3 is 0 Å². The van der Waals surface area contributed by atoms with Crippen LogP contribution in [0.15, 0.2) is 27.8 Å². The molecule has 0 radical (unpaired) electrons. The SMILES string of the molecule is CN=C(NCCCOCCO)NCc1ccco1. The third-order valence-electron chi connectivity index (χ3n) is 2.23. The fourth-order valence-electron chi connectivity index (χ4n) is 1.35. The van der Waals surface area contributed by atoms with Crippen LogP contribution < -0.4 is 10.6 Å². The molecule has 0 fully saturated rings. The summed E-state index contributed by atoms with van der Waals surface area (Å²) in [4.78, 5) is 4.09. The van der Waals surface area contributed by atoms with Crippen LogP contribution in [0.5, 0.6) is 0 Å². The lowest BCUT2D eigenvalue weighted by Crippen LogP contribution is -2.37. The van der Waals surface area contributed by atoms with E-state index in [0.29, 0.717) is 19.8 Å². The third-order valence-corrected chi connectivity index (χ3v) is 2.23. The number of rotatable bonds is 8. The molecule has 6 heteroatoms. The Balaban J connectivity index is 2.07. The van der Waals surface area contributed by atoms with Gasteiger partial charge in [-0.2, -0.15) is 0 Å². The van der Waals surface area contributed by atoms with Crippen molar-refractivity contribution in [3.8, 4) is 0 Å². The standard InChI is InChI=1S/C12H21N3O3/c1-13-12(14-5-3-7-17-9-6-16)15-10-11-4-2-8-18-11/h2,4,8,16H,3,5-7,9-10H2,1H3,(H2,13,14,15). The molecule has 0 aliphatic carbocycles. The Kier molecular flexibility index (Phi) is 7.66. The van der Waals surface area contributed by atoms with Crippen LogP contribution in [0, 0.1) is 0 Å². The normalized spacial score (nSPS) is 11.6. The van der Waals surface area contributed by atoms with Gasteiger partial charge in [-0.15, -0.1) is 0 Å². The molecule has 6 nitrogen and oxygen atoms in total. The van der Waals surface area contributed by atoms with E-state index in [9.17, 15) is 0 Å². The van der Waals surface area contributed by atoms with E-state index < -0.39 is 0 Å². The van der Waals surface area contributed by atoms with Gasteiger partial charge in [-0.3, -0.25) is 4.99 Å². The molecule has 0 unspecified atom stereocenters. The first-order chi connectivity index (χ1) is 8.86. The van der Waals surface area contributed by atoms with Crippen molar-refractivity contribution in [3.63, 3.8) is 0 Å². The first kappa shape index (κ1) is 14.5. The van der Waals surface area contributed by atoms with E-state index >= 15 is 0 Å². The number of aliphatic hydroxyl groups is 1. The summed E-state index contributed by atoms with van der Waals surface area (Å²) < 4.78 is 10.4. The van der Waals surface area contributed by atoms with Crippen LogP contribution in [0.4, 0.5) is 0 Å². The Morgan fingerprint density at radius 2 is 2.33 bits per heavy atom. The maximum absolute atomic E-state index is 8.53. The number of hydrogen-bond acceptors (Lipinski definition) is 4. The van der Waals surface area contributed by atoms with Crippen LogP contribution in [-0.2, 0) is 11.3 Å². The van der Waals surface area contributed by atoms with E-state index in [4.69, 9.17) is 14.3 Å². The monoisotopic (exact) mass is 255 g/mol. The van der Waals surface area contributed by atoms with Gasteiger partial charge in [0.25, 0.3) is 0 Å². The summed E-state index contributed by atoms with van der Waals surface area (Å²) in [5.74, 6) is 1.60. The molecule has 18 heavy (non-hydrogen) atoms. The van der Waals surface area contributed by atoms with Gasteiger partial charge in [0.1, 0.15) is 5.76 Å². The topological polar surface area (TPSA) is 79.0 Å². The summed E-state index contributed by atoms with van der Waals surface area (Å²) in [6.07, 6.45) is 2.51. The zero-order valence-corrected chi connectivity index (χ0v) is 10.7. The van der Waals surface area contributed by atoms with Gasteiger partial charge < -0.3 is 24.9 Å². The Bertz CT molecular complexity index is 325. The Morgan fingerprint density at radius 1 is 1.44 bits per heavy atom. The van der Waals surface area contributed by atoms with Gasteiger partial charge in [-0.1, -0.05) is 0 Å². The molecule has 3 N–H and O–H groups in total. The fourth-order valence-corrected chi connectivity index (χ4v) is 1.35. The lowest BCUT2D eigenvalue weighted by molar-refractivity contribution is 0.0912. The predicted molar refractivity (Wildman–Crippen MR) is 69.4 cm³/mol. The molecule has 0 aliphatic rings. The van der Waals surface area contributed by atoms with Crippen molar-refractivity contribution < 1.29 is 14.3 Å². The highest BCUT2D eigenvalue weighted by Crippen LogP contribution is 1.98. The highest BCUT2D eigenvalue weighted by Gasteiger charge is 1.99. The largest absolute Gasteiger partial charge is 0.467 e. The van der Waals surface area contributed by atoms with Crippen LogP contribution in [0.2, 0.25) is 0 Å². The number of guanidine groups is 1. The Labute approximate surface area is 107 Å². The van der Waals surface area contributed by atoms with Crippen LogP contribution in [0.1, 0.15) is 12.2 Å². The summed E-state index contributed by atoms with van der Waals surface area (Å²) in [7, 11) is 1.72. The number of nitrogens with zero attached hydrogens (tertiary/aromatic N) is 1. The molecule has 1 aromatic rings. The summed E-state index contributed by atoms with van der Waals surface area (Å²) in [6, 6.07) is 3.76. The van der Waals surface area contributed by atoms with Crippen molar-refractivity contribution >= 4 is 5.96 Å². The van der Waals surface area contributed by atoms with Crippen LogP contribution in [0.25, 0.3) is 0 Å². The summed E-state index contributed by atoms with van der Waals surface area (Å²) >= 11 is 0. The van der Waals surface area contributed by atoms with Crippen molar-refractivity contribution in [2.24, 2.45) is 4.99 Å². The molecule has 0 spiro atoms. The average molecular weight is 255 g/mol. The van der Waals surface area contributed by atoms with Crippen LogP contribution in [0.3, 0.4) is 0 Å². The van der Waals surface area contributed by atoms with E-state index in [1.54, 1.807) is 13.3 Å². The molecular weight excluding hydrogens is 234 g/mol. The van der Waals surface area contributed by atoms with Crippen molar-refractivity contribution in [1.82, 2.24) is 10.6 Å². The van der Waals surface area contributed by atoms with E-state index in [0.717, 1.165) is 24.7 Å². The molecule has 0 amide bonds. The minimum Gasteiger partial charge on any atom is -0.467 e. The van der Waals surface area contributed by atoms with Gasteiger partial charge in [0.05, 0.1) is 26.0 Å². The number of nitrogens with one attached hydrogen (secondary N) is 2. The third kappa shape index (κ3) is 6.27. The number of aliphatic hydroxyl groups excluding tert-OH is 1. The highest BCUT2D eigenvalue weighted by atomic mass is 16.5. The highest BCUT2D eigenvalue weighted by molar-refractivity contribution is 5.79. The Morgan fingerprint density at radius 3 is 3.00 bits per heavy atom. The maximum Gasteiger partial charge on any atom is 0.191 e. The zero-order chi connectivity index (χ0) is 13.1. The second-order valence-corrected chi connectivity index (χ2v) is 3.62. The zero-order valence-electron chi connectivity index (χ0n) is 10.7. The van der Waals surface area contributed by atoms with Crippen molar-refractivity contribution in [2.75, 3.05) is 33.4 Å². The molecular formula is C12H21N3O3. The molecule has 0 saturated carbocycles. The predicted octanol–water partition coefficient (Wildman–Crippen LogP) is 0.344. The van der Waals surface area contributed by atoms with E-state index in [2.05, 4.69) is 15.6 Å². The molecule has 1 heterocycles. The van der Waals surface area contributed by atoms with Crippen LogP contribution in [-0.4, -0.2) is 44.5 Å².